The minimum absolute atomic E-state index is 0.0556. The third-order valence-electron chi connectivity index (χ3n) is 2.40. The first-order valence-electron chi connectivity index (χ1n) is 5.59. The van der Waals surface area contributed by atoms with E-state index in [2.05, 4.69) is 0 Å². The fourth-order valence-corrected chi connectivity index (χ4v) is 3.15. The normalized spacial score (nSPS) is 12.0. The van der Waals surface area contributed by atoms with Crippen LogP contribution in [0, 0.1) is 5.82 Å². The molecular formula is C11H17FN2O3S. The molecular weight excluding hydrogens is 259 g/mol. The summed E-state index contributed by atoms with van der Waals surface area (Å²) in [7, 11) is -3.93. The van der Waals surface area contributed by atoms with Crippen molar-refractivity contribution in [3.8, 4) is 0 Å². The van der Waals surface area contributed by atoms with Gasteiger partial charge < -0.3 is 10.8 Å². The molecule has 0 radical (unpaired) electrons. The van der Waals surface area contributed by atoms with Crippen molar-refractivity contribution in [1.82, 2.24) is 4.31 Å². The van der Waals surface area contributed by atoms with Gasteiger partial charge in [-0.05, 0) is 24.6 Å². The molecule has 0 atom stereocenters. The lowest BCUT2D eigenvalue weighted by Gasteiger charge is -2.20. The Kier molecular flexibility index (Phi) is 5.06. The molecule has 0 fully saturated rings. The van der Waals surface area contributed by atoms with E-state index in [4.69, 9.17) is 10.8 Å². The van der Waals surface area contributed by atoms with Gasteiger partial charge in [0.05, 0.1) is 6.61 Å². The Morgan fingerprint density at radius 1 is 1.39 bits per heavy atom. The zero-order valence-corrected chi connectivity index (χ0v) is 11.0. The van der Waals surface area contributed by atoms with Crippen LogP contribution < -0.4 is 5.73 Å². The lowest BCUT2D eigenvalue weighted by atomic mass is 10.3. The summed E-state index contributed by atoms with van der Waals surface area (Å²) in [5, 5.41) is 8.87. The molecule has 102 valence electrons. The Morgan fingerprint density at radius 3 is 2.56 bits per heavy atom. The molecule has 0 unspecified atom stereocenters. The van der Waals surface area contributed by atoms with Crippen LogP contribution in [0.3, 0.4) is 0 Å². The quantitative estimate of drug-likeness (QED) is 0.753. The van der Waals surface area contributed by atoms with Crippen molar-refractivity contribution in [2.45, 2.75) is 18.2 Å². The van der Waals surface area contributed by atoms with E-state index in [9.17, 15) is 12.8 Å². The van der Waals surface area contributed by atoms with E-state index in [1.807, 2.05) is 0 Å². The van der Waals surface area contributed by atoms with Crippen LogP contribution in [0.25, 0.3) is 0 Å². The van der Waals surface area contributed by atoms with E-state index < -0.39 is 20.7 Å². The summed E-state index contributed by atoms with van der Waals surface area (Å²) in [4.78, 5) is -0.418. The van der Waals surface area contributed by atoms with E-state index in [1.54, 1.807) is 6.92 Å². The molecule has 0 saturated heterocycles. The third kappa shape index (κ3) is 3.18. The highest BCUT2D eigenvalue weighted by molar-refractivity contribution is 7.89. The summed E-state index contributed by atoms with van der Waals surface area (Å²) in [5.41, 5.74) is 5.54. The maximum atomic E-state index is 13.6. The van der Waals surface area contributed by atoms with E-state index in [0.29, 0.717) is 6.42 Å². The number of aliphatic hydroxyl groups excluding tert-OH is 1. The molecule has 1 aromatic carbocycles. The van der Waals surface area contributed by atoms with Gasteiger partial charge in [-0.15, -0.1) is 0 Å². The largest absolute Gasteiger partial charge is 0.399 e. The van der Waals surface area contributed by atoms with Crippen LogP contribution in [-0.2, 0) is 10.0 Å². The number of nitrogens with two attached hydrogens (primary N) is 1. The van der Waals surface area contributed by atoms with Gasteiger partial charge in [0.2, 0.25) is 10.0 Å². The summed E-state index contributed by atoms with van der Waals surface area (Å²) in [6.07, 6.45) is 0.579. The maximum Gasteiger partial charge on any atom is 0.246 e. The van der Waals surface area contributed by atoms with E-state index in [-0.39, 0.29) is 25.4 Å². The van der Waals surface area contributed by atoms with E-state index in [0.717, 1.165) is 16.4 Å². The van der Waals surface area contributed by atoms with Gasteiger partial charge in [0, 0.05) is 18.8 Å². The minimum Gasteiger partial charge on any atom is -0.399 e. The van der Waals surface area contributed by atoms with Crippen molar-refractivity contribution in [2.24, 2.45) is 0 Å². The van der Waals surface area contributed by atoms with Crippen LogP contribution in [0.15, 0.2) is 23.1 Å². The second kappa shape index (κ2) is 6.12. The molecule has 0 heterocycles. The van der Waals surface area contributed by atoms with Gasteiger partial charge in [-0.1, -0.05) is 6.92 Å². The number of halogens is 1. The lowest BCUT2D eigenvalue weighted by Crippen LogP contribution is -2.34. The highest BCUT2D eigenvalue weighted by atomic mass is 32.2. The Balaban J connectivity index is 3.17. The molecule has 0 saturated carbocycles. The zero-order valence-electron chi connectivity index (χ0n) is 10.1. The molecule has 0 aliphatic carbocycles. The smallest absolute Gasteiger partial charge is 0.246 e. The number of hydrogen-bond donors (Lipinski definition) is 2. The van der Waals surface area contributed by atoms with Crippen LogP contribution in [0.5, 0.6) is 0 Å². The van der Waals surface area contributed by atoms with Crippen LogP contribution in [-0.4, -0.2) is 37.5 Å². The Bertz CT molecular complexity index is 499. The molecule has 0 spiro atoms. The molecule has 1 rings (SSSR count). The summed E-state index contributed by atoms with van der Waals surface area (Å²) in [6.45, 7) is 1.67. The Morgan fingerprint density at radius 2 is 2.06 bits per heavy atom. The van der Waals surface area contributed by atoms with Crippen LogP contribution in [0.2, 0.25) is 0 Å². The number of sulfonamides is 1. The topological polar surface area (TPSA) is 83.6 Å². The molecule has 18 heavy (non-hydrogen) atoms. The summed E-state index contributed by atoms with van der Waals surface area (Å²) < 4.78 is 39.1. The van der Waals surface area contributed by atoms with Crippen molar-refractivity contribution in [3.63, 3.8) is 0 Å². The van der Waals surface area contributed by atoms with Gasteiger partial charge in [0.25, 0.3) is 0 Å². The number of rotatable bonds is 6. The summed E-state index contributed by atoms with van der Waals surface area (Å²) >= 11 is 0. The van der Waals surface area contributed by atoms with Gasteiger partial charge >= 0.3 is 0 Å². The van der Waals surface area contributed by atoms with E-state index in [1.165, 1.54) is 6.07 Å². The predicted molar refractivity (Wildman–Crippen MR) is 66.9 cm³/mol. The molecule has 3 N–H and O–H groups in total. The molecule has 0 aromatic heterocycles. The first kappa shape index (κ1) is 14.9. The van der Waals surface area contributed by atoms with Gasteiger partial charge in [0.15, 0.2) is 0 Å². The monoisotopic (exact) mass is 276 g/mol. The van der Waals surface area contributed by atoms with Crippen LogP contribution >= 0.6 is 0 Å². The van der Waals surface area contributed by atoms with Gasteiger partial charge in [0.1, 0.15) is 10.7 Å². The first-order valence-corrected chi connectivity index (χ1v) is 7.03. The van der Waals surface area contributed by atoms with Crippen molar-refractivity contribution in [2.75, 3.05) is 25.4 Å². The lowest BCUT2D eigenvalue weighted by molar-refractivity contribution is 0.253. The van der Waals surface area contributed by atoms with Crippen molar-refractivity contribution in [3.05, 3.63) is 24.0 Å². The number of hydrogen-bond acceptors (Lipinski definition) is 4. The number of nitrogens with zero attached hydrogens (tertiary/aromatic N) is 1. The Labute approximate surface area is 106 Å². The van der Waals surface area contributed by atoms with Crippen LogP contribution in [0.1, 0.15) is 13.3 Å². The molecule has 0 amide bonds. The average molecular weight is 276 g/mol. The fourth-order valence-electron chi connectivity index (χ4n) is 1.58. The molecule has 0 aliphatic rings. The first-order chi connectivity index (χ1) is 8.43. The predicted octanol–water partition coefficient (Wildman–Crippen LogP) is 0.801. The number of anilines is 1. The standard InChI is InChI=1S/C11H17FN2O3S/c1-2-5-14(6-7-15)18(16,17)11-4-3-9(13)8-10(11)12/h3-4,8,15H,2,5-7,13H2,1H3. The van der Waals surface area contributed by atoms with Crippen molar-refractivity contribution >= 4 is 15.7 Å². The van der Waals surface area contributed by atoms with Gasteiger partial charge in [-0.25, -0.2) is 12.8 Å². The summed E-state index contributed by atoms with van der Waals surface area (Å²) in [6, 6.07) is 3.44. The number of nitrogen functional groups attached to an aromatic ring is 1. The van der Waals surface area contributed by atoms with Crippen molar-refractivity contribution < 1.29 is 17.9 Å². The Hall–Kier alpha value is -1.18. The molecule has 0 bridgehead atoms. The molecule has 0 aliphatic heterocycles. The second-order valence-corrected chi connectivity index (χ2v) is 5.72. The second-order valence-electron chi connectivity index (χ2n) is 3.82. The highest BCUT2D eigenvalue weighted by Gasteiger charge is 2.26. The maximum absolute atomic E-state index is 13.6. The number of benzene rings is 1. The molecule has 5 nitrogen and oxygen atoms in total. The fraction of sp³-hybridized carbons (Fsp3) is 0.455. The minimum atomic E-state index is -3.93. The average Bonchev–Trinajstić information content (AvgIpc) is 2.28. The molecule has 7 heteroatoms. The third-order valence-corrected chi connectivity index (χ3v) is 4.33. The highest BCUT2D eigenvalue weighted by Crippen LogP contribution is 2.21. The molecule has 1 aromatic rings. The number of aliphatic hydroxyl groups is 1. The summed E-state index contributed by atoms with van der Waals surface area (Å²) in [5.74, 6) is -0.881. The van der Waals surface area contributed by atoms with Gasteiger partial charge in [-0.3, -0.25) is 0 Å². The van der Waals surface area contributed by atoms with Crippen molar-refractivity contribution in [1.29, 1.82) is 0 Å². The zero-order chi connectivity index (χ0) is 13.8. The van der Waals surface area contributed by atoms with Gasteiger partial charge in [-0.2, -0.15) is 4.31 Å². The SMILES string of the molecule is CCCN(CCO)S(=O)(=O)c1ccc(N)cc1F. The van der Waals surface area contributed by atoms with Crippen LogP contribution in [0.4, 0.5) is 10.1 Å². The van der Waals surface area contributed by atoms with E-state index >= 15 is 0 Å².